The molecule has 3 aromatic rings. The Morgan fingerprint density at radius 3 is 2.38 bits per heavy atom. The minimum atomic E-state index is -0.535. The molecule has 0 spiro atoms. The van der Waals surface area contributed by atoms with Crippen LogP contribution in [0.15, 0.2) is 72.0 Å². The monoisotopic (exact) mass is 358 g/mol. The van der Waals surface area contributed by atoms with E-state index in [4.69, 9.17) is 23.2 Å². The van der Waals surface area contributed by atoms with Crippen LogP contribution in [0.25, 0.3) is 5.69 Å². The summed E-state index contributed by atoms with van der Waals surface area (Å²) in [5.41, 5.74) is 1.39. The van der Waals surface area contributed by atoms with Crippen molar-refractivity contribution in [2.45, 2.75) is 0 Å². The summed E-state index contributed by atoms with van der Waals surface area (Å²) in [6.45, 7) is 0. The van der Waals surface area contributed by atoms with E-state index < -0.39 is 6.03 Å². The largest absolute Gasteiger partial charge is 0.345 e. The summed E-state index contributed by atoms with van der Waals surface area (Å²) in [4.78, 5) is 15.9. The molecule has 2 aromatic carbocycles. The fourth-order valence-electron chi connectivity index (χ4n) is 2.04. The maximum atomic E-state index is 12.0. The van der Waals surface area contributed by atoms with Crippen LogP contribution in [0.1, 0.15) is 0 Å². The number of nitrogens with zero attached hydrogens (tertiary/aromatic N) is 3. The molecule has 0 aliphatic heterocycles. The smallest absolute Gasteiger partial charge is 0.306 e. The van der Waals surface area contributed by atoms with Gasteiger partial charge in [0, 0.05) is 21.9 Å². The normalized spacial score (nSPS) is 11.3. The number of rotatable bonds is 2. The zero-order chi connectivity index (χ0) is 16.9. The van der Waals surface area contributed by atoms with E-state index in [1.54, 1.807) is 35.1 Å². The van der Waals surface area contributed by atoms with Gasteiger partial charge in [-0.05, 0) is 36.4 Å². The molecule has 0 atom stereocenters. The molecular formula is C17H12Cl2N4O. The number of anilines is 1. The van der Waals surface area contributed by atoms with Gasteiger partial charge >= 0.3 is 6.03 Å². The van der Waals surface area contributed by atoms with Gasteiger partial charge in [-0.1, -0.05) is 41.4 Å². The summed E-state index contributed by atoms with van der Waals surface area (Å²) >= 11 is 11.8. The number of hydrogen-bond donors (Lipinski definition) is 1. The van der Waals surface area contributed by atoms with Crippen LogP contribution in [0.4, 0.5) is 10.5 Å². The minimum Gasteiger partial charge on any atom is -0.306 e. The van der Waals surface area contributed by atoms with E-state index in [1.165, 1.54) is 6.20 Å². The van der Waals surface area contributed by atoms with Crippen LogP contribution in [0, 0.1) is 0 Å². The topological polar surface area (TPSA) is 59.3 Å². The molecule has 7 heteroatoms. The van der Waals surface area contributed by atoms with Gasteiger partial charge in [-0.15, -0.1) is 0 Å². The summed E-state index contributed by atoms with van der Waals surface area (Å²) in [6, 6.07) is 15.6. The number of para-hydroxylation sites is 1. The molecule has 3 rings (SSSR count). The number of carbonyl (C=O) groups excluding carboxylic acids is 1. The molecule has 24 heavy (non-hydrogen) atoms. The van der Waals surface area contributed by atoms with Crippen LogP contribution < -0.4 is 10.7 Å². The Morgan fingerprint density at radius 1 is 1.04 bits per heavy atom. The number of nitrogens with one attached hydrogen (secondary N) is 1. The fraction of sp³-hybridized carbons (Fsp3) is 0. The van der Waals surface area contributed by atoms with Crippen LogP contribution in [-0.4, -0.2) is 15.8 Å². The predicted molar refractivity (Wildman–Crippen MR) is 94.6 cm³/mol. The van der Waals surface area contributed by atoms with Crippen LogP contribution in [0.2, 0.25) is 10.0 Å². The summed E-state index contributed by atoms with van der Waals surface area (Å²) in [6.07, 6.45) is 3.25. The van der Waals surface area contributed by atoms with Crippen molar-refractivity contribution in [2.75, 3.05) is 5.32 Å². The van der Waals surface area contributed by atoms with Gasteiger partial charge in [0.2, 0.25) is 0 Å². The highest BCUT2D eigenvalue weighted by molar-refractivity contribution is 6.35. The first-order valence-corrected chi connectivity index (χ1v) is 7.78. The predicted octanol–water partition coefficient (Wildman–Crippen LogP) is 4.31. The molecule has 1 heterocycles. The van der Waals surface area contributed by atoms with Gasteiger partial charge in [-0.25, -0.2) is 9.48 Å². The fourth-order valence-corrected chi connectivity index (χ4v) is 2.57. The lowest BCUT2D eigenvalue weighted by Gasteiger charge is -2.04. The molecule has 0 saturated heterocycles. The van der Waals surface area contributed by atoms with Crippen molar-refractivity contribution in [3.63, 3.8) is 0 Å². The zero-order valence-corrected chi connectivity index (χ0v) is 13.9. The van der Waals surface area contributed by atoms with Crippen molar-refractivity contribution < 1.29 is 4.79 Å². The van der Waals surface area contributed by atoms with E-state index in [0.717, 1.165) is 5.69 Å². The molecule has 1 N–H and O–H groups in total. The van der Waals surface area contributed by atoms with Crippen LogP contribution in [0.3, 0.4) is 0 Å². The molecule has 0 aliphatic carbocycles. The summed E-state index contributed by atoms with van der Waals surface area (Å²) in [5, 5.41) is 8.15. The Kier molecular flexibility index (Phi) is 4.93. The van der Waals surface area contributed by atoms with Gasteiger partial charge in [0.05, 0.1) is 17.2 Å². The summed E-state index contributed by atoms with van der Waals surface area (Å²) in [5.74, 6) is 0. The Labute approximate surface area is 148 Å². The van der Waals surface area contributed by atoms with Gasteiger partial charge in [-0.2, -0.15) is 10.1 Å². The lowest BCUT2D eigenvalue weighted by Crippen LogP contribution is -2.14. The Balaban J connectivity index is 1.77. The summed E-state index contributed by atoms with van der Waals surface area (Å²) in [7, 11) is 0. The highest BCUT2D eigenvalue weighted by Gasteiger charge is 2.02. The molecule has 0 aliphatic rings. The third-order valence-corrected chi connectivity index (χ3v) is 3.50. The third kappa shape index (κ3) is 4.22. The van der Waals surface area contributed by atoms with Gasteiger partial charge < -0.3 is 5.32 Å². The second-order valence-electron chi connectivity index (χ2n) is 4.87. The first-order valence-electron chi connectivity index (χ1n) is 7.02. The maximum Gasteiger partial charge on any atom is 0.345 e. The summed E-state index contributed by atoms with van der Waals surface area (Å²) < 4.78 is 1.69. The molecule has 1 aromatic heterocycles. The van der Waals surface area contributed by atoms with Crippen molar-refractivity contribution >= 4 is 34.9 Å². The molecule has 0 radical (unpaired) electrons. The number of halogens is 2. The number of urea groups is 1. The van der Waals surface area contributed by atoms with E-state index >= 15 is 0 Å². The highest BCUT2D eigenvalue weighted by atomic mass is 35.5. The molecule has 2 amide bonds. The highest BCUT2D eigenvalue weighted by Crippen LogP contribution is 2.22. The number of hydrogen-bond acceptors (Lipinski definition) is 2. The lowest BCUT2D eigenvalue weighted by atomic mass is 10.3. The standard InChI is InChI=1S/C17H12Cl2N4O/c18-12-8-13(19)10-15(9-12)22-17(24)21-14-6-7-23(20-11-14)16-4-2-1-3-5-16/h1-11H,(H,22,24). The number of carbonyl (C=O) groups is 1. The first-order chi connectivity index (χ1) is 11.6. The van der Waals surface area contributed by atoms with Crippen LogP contribution in [-0.2, 0) is 0 Å². The molecule has 0 saturated carbocycles. The van der Waals surface area contributed by atoms with E-state index in [1.807, 2.05) is 30.3 Å². The molecule has 5 nitrogen and oxygen atoms in total. The molecule has 0 bridgehead atoms. The van der Waals surface area contributed by atoms with Crippen LogP contribution >= 0.6 is 23.2 Å². The average Bonchev–Trinajstić information content (AvgIpc) is 2.55. The Morgan fingerprint density at radius 2 is 1.75 bits per heavy atom. The quantitative estimate of drug-likeness (QED) is 0.741. The zero-order valence-electron chi connectivity index (χ0n) is 12.4. The Bertz CT molecular complexity index is 898. The number of benzene rings is 2. The van der Waals surface area contributed by atoms with Gasteiger partial charge in [0.15, 0.2) is 0 Å². The SMILES string of the molecule is O=C(N=c1ccn(-c2ccccc2)nc1)Nc1cc(Cl)cc(Cl)c1. The van der Waals surface area contributed by atoms with Crippen molar-refractivity contribution in [3.05, 3.63) is 82.4 Å². The van der Waals surface area contributed by atoms with Gasteiger partial charge in [0.25, 0.3) is 0 Å². The van der Waals surface area contributed by atoms with E-state index in [9.17, 15) is 4.79 Å². The van der Waals surface area contributed by atoms with Gasteiger partial charge in [0.1, 0.15) is 0 Å². The van der Waals surface area contributed by atoms with Crippen molar-refractivity contribution in [1.29, 1.82) is 0 Å². The molecule has 0 fully saturated rings. The van der Waals surface area contributed by atoms with E-state index in [0.29, 0.717) is 21.1 Å². The number of amides is 2. The maximum absolute atomic E-state index is 12.0. The average molecular weight is 359 g/mol. The van der Waals surface area contributed by atoms with Crippen LogP contribution in [0.5, 0.6) is 0 Å². The van der Waals surface area contributed by atoms with Crippen molar-refractivity contribution in [1.82, 2.24) is 9.78 Å². The number of aromatic nitrogens is 2. The van der Waals surface area contributed by atoms with E-state index in [2.05, 4.69) is 15.4 Å². The third-order valence-electron chi connectivity index (χ3n) is 3.07. The first kappa shape index (κ1) is 16.2. The second kappa shape index (κ2) is 7.29. The molecular weight excluding hydrogens is 347 g/mol. The minimum absolute atomic E-state index is 0.433. The lowest BCUT2D eigenvalue weighted by molar-refractivity contribution is 0.259. The van der Waals surface area contributed by atoms with Crippen molar-refractivity contribution in [2.24, 2.45) is 4.99 Å². The second-order valence-corrected chi connectivity index (χ2v) is 5.74. The van der Waals surface area contributed by atoms with Gasteiger partial charge in [-0.3, -0.25) is 0 Å². The van der Waals surface area contributed by atoms with Crippen molar-refractivity contribution in [3.8, 4) is 5.69 Å². The van der Waals surface area contributed by atoms with E-state index in [-0.39, 0.29) is 0 Å². The Hall–Kier alpha value is -2.63. The molecule has 120 valence electrons. The molecule has 0 unspecified atom stereocenters.